The number of anilines is 3. The predicted octanol–water partition coefficient (Wildman–Crippen LogP) is 8.21. The van der Waals surface area contributed by atoms with Crippen molar-refractivity contribution in [1.29, 1.82) is 0 Å². The second-order valence-electron chi connectivity index (χ2n) is 20.5. The Balaban J connectivity index is 0.796. The molecule has 6 aromatic heterocycles. The van der Waals surface area contributed by atoms with Gasteiger partial charge in [0, 0.05) is 96.7 Å². The summed E-state index contributed by atoms with van der Waals surface area (Å²) in [5, 5.41) is 37.8. The molecule has 11 rings (SSSR count). The first-order valence-electron chi connectivity index (χ1n) is 26.7. The molecular formula is C59H63N17O3. The summed E-state index contributed by atoms with van der Waals surface area (Å²) in [5.74, 6) is 3.47. The van der Waals surface area contributed by atoms with Crippen LogP contribution in [-0.4, -0.2) is 100 Å². The predicted molar refractivity (Wildman–Crippen MR) is 302 cm³/mol. The van der Waals surface area contributed by atoms with Gasteiger partial charge in [-0.1, -0.05) is 56.3 Å². The number of ether oxygens (including phenoxy) is 1. The molecule has 1 unspecified atom stereocenters. The van der Waals surface area contributed by atoms with Gasteiger partial charge in [-0.05, 0) is 123 Å². The van der Waals surface area contributed by atoms with Gasteiger partial charge < -0.3 is 36.2 Å². The van der Waals surface area contributed by atoms with Crippen LogP contribution in [0, 0.1) is 5.92 Å². The van der Waals surface area contributed by atoms with Crippen molar-refractivity contribution in [3.8, 4) is 39.8 Å². The van der Waals surface area contributed by atoms with Crippen LogP contribution < -0.4 is 36.2 Å². The fraction of sp³-hybridized carbons (Fsp3) is 0.288. The van der Waals surface area contributed by atoms with Crippen molar-refractivity contribution in [3.63, 3.8) is 0 Å². The zero-order valence-electron chi connectivity index (χ0n) is 44.6. The van der Waals surface area contributed by atoms with Gasteiger partial charge >= 0.3 is 0 Å². The van der Waals surface area contributed by atoms with Crippen molar-refractivity contribution in [2.75, 3.05) is 48.8 Å². The molecule has 0 aliphatic carbocycles. The minimum atomic E-state index is -0.697. The number of carbonyl (C=O) groups is 2. The van der Waals surface area contributed by atoms with Gasteiger partial charge in [-0.3, -0.25) is 29.5 Å². The summed E-state index contributed by atoms with van der Waals surface area (Å²) in [5.41, 5.74) is 6.75. The second kappa shape index (κ2) is 22.7. The molecule has 9 aromatic rings. The molecule has 0 spiro atoms. The fourth-order valence-corrected chi connectivity index (χ4v) is 10.6. The molecule has 7 N–H and O–H groups in total. The van der Waals surface area contributed by atoms with Crippen molar-refractivity contribution in [2.45, 2.75) is 63.2 Å². The Morgan fingerprint density at radius 3 is 2.01 bits per heavy atom. The molecule has 1 atom stereocenters. The molecule has 20 heteroatoms. The summed E-state index contributed by atoms with van der Waals surface area (Å²) in [7, 11) is 3.47. The highest BCUT2D eigenvalue weighted by atomic mass is 16.5. The van der Waals surface area contributed by atoms with Gasteiger partial charge in [-0.15, -0.1) is 0 Å². The highest BCUT2D eigenvalue weighted by Gasteiger charge is 2.41. The molecule has 0 saturated carbocycles. The van der Waals surface area contributed by atoms with E-state index in [-0.39, 0.29) is 23.8 Å². The SMILES string of the molecule is COc1cccc(C(NC(=O)c2cccc(NC3(c4nc(-c5ccncc5)n[nH]4)CCN(c4cc(-c5n[nH]c(C6(Nc7cccc(C(=O)NCc8ccccc8-c8cnn(C)c8)c7)CCNCC6)n5)ccn4)CC3)c2)C(C)C)n1. The third kappa shape index (κ3) is 11.4. The second-order valence-corrected chi connectivity index (χ2v) is 20.5. The minimum absolute atomic E-state index is 0.0643. The lowest BCUT2D eigenvalue weighted by Crippen LogP contribution is -2.48. The molecule has 20 nitrogen and oxygen atoms in total. The third-order valence-electron chi connectivity index (χ3n) is 14.9. The van der Waals surface area contributed by atoms with E-state index in [9.17, 15) is 9.59 Å². The van der Waals surface area contributed by atoms with Crippen LogP contribution in [0.2, 0.25) is 0 Å². The monoisotopic (exact) mass is 1060 g/mol. The molecule has 8 heterocycles. The van der Waals surface area contributed by atoms with E-state index < -0.39 is 11.1 Å². The number of H-pyrrole nitrogens is 2. The topological polar surface area (TPSA) is 246 Å². The van der Waals surface area contributed by atoms with Gasteiger partial charge in [0.05, 0.1) is 30.6 Å². The van der Waals surface area contributed by atoms with Gasteiger partial charge in [-0.2, -0.15) is 15.3 Å². The van der Waals surface area contributed by atoms with Crippen LogP contribution >= 0.6 is 0 Å². The van der Waals surface area contributed by atoms with Crippen LogP contribution in [0.5, 0.6) is 5.88 Å². The van der Waals surface area contributed by atoms with Crippen LogP contribution in [0.3, 0.4) is 0 Å². The van der Waals surface area contributed by atoms with E-state index in [1.165, 1.54) is 0 Å². The standard InChI is InChI=1S/C59H63N17O3/c1-38(2)51(48-16-9-17-50(65-48)79-4)66-55(78)42-12-8-14-46(33-42)70-59(57-67-52(71-74-57)39-18-25-60-26-19-39)23-30-76(31-24-59)49-34-40(20-27-62-49)53-68-56(73-72-53)58(21-28-61-29-22-58)69-45-13-7-11-41(32-45)54(77)63-35-43-10-5-6-15-47(43)44-36-64-75(3)37-44/h5-20,25-27,32-34,36-38,51,61,69-70H,21-24,28-31,35H2,1-4H3,(H,63,77)(H,66,78)(H,67,71,74)(H,68,72,73). The maximum Gasteiger partial charge on any atom is 0.251 e. The van der Waals surface area contributed by atoms with Crippen LogP contribution in [-0.2, 0) is 24.7 Å². The van der Waals surface area contributed by atoms with E-state index in [0.29, 0.717) is 72.8 Å². The largest absolute Gasteiger partial charge is 0.481 e. The number of methoxy groups -OCH3 is 1. The van der Waals surface area contributed by atoms with E-state index in [2.05, 4.69) is 75.7 Å². The van der Waals surface area contributed by atoms with Crippen LogP contribution in [0.4, 0.5) is 17.2 Å². The van der Waals surface area contributed by atoms with Gasteiger partial charge in [0.2, 0.25) is 5.88 Å². The van der Waals surface area contributed by atoms with Crippen molar-refractivity contribution < 1.29 is 14.3 Å². The third-order valence-corrected chi connectivity index (χ3v) is 14.9. The molecule has 2 saturated heterocycles. The van der Waals surface area contributed by atoms with E-state index in [1.807, 2.05) is 129 Å². The molecule has 2 amide bonds. The molecule has 0 radical (unpaired) electrons. The van der Waals surface area contributed by atoms with Crippen molar-refractivity contribution in [3.05, 3.63) is 180 Å². The summed E-state index contributed by atoms with van der Waals surface area (Å²) in [6.07, 6.45) is 11.8. The first-order valence-corrected chi connectivity index (χ1v) is 26.7. The number of amides is 2. The lowest BCUT2D eigenvalue weighted by atomic mass is 9.86. The Kier molecular flexibility index (Phi) is 14.9. The summed E-state index contributed by atoms with van der Waals surface area (Å²) in [4.78, 5) is 53.8. The number of aromatic amines is 2. The summed E-state index contributed by atoms with van der Waals surface area (Å²) >= 11 is 0. The number of aromatic nitrogens is 11. The quantitative estimate of drug-likeness (QED) is 0.0428. The van der Waals surface area contributed by atoms with E-state index in [1.54, 1.807) is 36.4 Å². The number of benzene rings is 3. The lowest BCUT2D eigenvalue weighted by Gasteiger charge is -2.42. The Morgan fingerprint density at radius 2 is 1.34 bits per heavy atom. The summed E-state index contributed by atoms with van der Waals surface area (Å²) in [6, 6.07) is 36.2. The average Bonchev–Trinajstić information content (AvgIpc) is 4.31. The summed E-state index contributed by atoms with van der Waals surface area (Å²) in [6.45, 7) is 7.25. The first kappa shape index (κ1) is 51.8. The number of hydrogen-bond acceptors (Lipinski definition) is 15. The van der Waals surface area contributed by atoms with Crippen LogP contribution in [0.25, 0.3) is 33.9 Å². The van der Waals surface area contributed by atoms with Gasteiger partial charge in [0.15, 0.2) is 23.3 Å². The Morgan fingerprint density at radius 1 is 0.696 bits per heavy atom. The number of hydrogen-bond donors (Lipinski definition) is 7. The van der Waals surface area contributed by atoms with Crippen molar-refractivity contribution in [1.82, 2.24) is 71.0 Å². The number of carbonyl (C=O) groups excluding carboxylic acids is 2. The number of nitrogens with one attached hydrogen (secondary N) is 7. The maximum atomic E-state index is 14.0. The molecule has 2 fully saturated rings. The fourth-order valence-electron chi connectivity index (χ4n) is 10.6. The van der Waals surface area contributed by atoms with Crippen molar-refractivity contribution >= 4 is 29.0 Å². The maximum absolute atomic E-state index is 14.0. The van der Waals surface area contributed by atoms with Crippen LogP contribution in [0.1, 0.15) is 89.2 Å². The van der Waals surface area contributed by atoms with Gasteiger partial charge in [0.25, 0.3) is 11.8 Å². The average molecular weight is 1060 g/mol. The summed E-state index contributed by atoms with van der Waals surface area (Å²) < 4.78 is 7.16. The van der Waals surface area contributed by atoms with Crippen molar-refractivity contribution in [2.24, 2.45) is 13.0 Å². The number of pyridine rings is 3. The smallest absolute Gasteiger partial charge is 0.251 e. The highest BCUT2D eigenvalue weighted by molar-refractivity contribution is 5.96. The highest BCUT2D eigenvalue weighted by Crippen LogP contribution is 2.39. The molecule has 402 valence electrons. The Bertz CT molecular complexity index is 3560. The van der Waals surface area contributed by atoms with Gasteiger partial charge in [0.1, 0.15) is 11.4 Å². The van der Waals surface area contributed by atoms with Gasteiger partial charge in [-0.25, -0.2) is 19.9 Å². The molecule has 0 bridgehead atoms. The first-order chi connectivity index (χ1) is 38.5. The molecule has 2 aliphatic rings. The number of nitrogens with zero attached hydrogens (tertiary/aromatic N) is 10. The molecular weight excluding hydrogens is 995 g/mol. The van der Waals surface area contributed by atoms with E-state index in [4.69, 9.17) is 24.8 Å². The number of piperidine rings is 2. The lowest BCUT2D eigenvalue weighted by molar-refractivity contribution is 0.0922. The number of aryl methyl sites for hydroxylation is 1. The normalized spacial score (nSPS) is 15.3. The van der Waals surface area contributed by atoms with E-state index >= 15 is 0 Å². The molecule has 79 heavy (non-hydrogen) atoms. The number of rotatable bonds is 18. The van der Waals surface area contributed by atoms with Crippen LogP contribution in [0.15, 0.2) is 146 Å². The molecule has 2 aliphatic heterocycles. The Labute approximate surface area is 457 Å². The molecule has 3 aromatic carbocycles. The van der Waals surface area contributed by atoms with E-state index in [0.717, 1.165) is 76.6 Å². The zero-order chi connectivity index (χ0) is 54.3. The Hall–Kier alpha value is -9.30. The zero-order valence-corrected chi connectivity index (χ0v) is 44.6. The minimum Gasteiger partial charge on any atom is -0.481 e.